The first-order valence-electron chi connectivity index (χ1n) is 3.96. The van der Waals surface area contributed by atoms with Gasteiger partial charge in [-0.15, -0.1) is 0 Å². The molecule has 2 aliphatic heterocycles. The Balaban J connectivity index is 2.27. The quantitative estimate of drug-likeness (QED) is 0.565. The summed E-state index contributed by atoms with van der Waals surface area (Å²) in [5.74, 6) is 1.90. The Morgan fingerprint density at radius 1 is 1.25 bits per heavy atom. The third kappa shape index (κ3) is 0.666. The third-order valence-corrected chi connectivity index (χ3v) is 2.15. The van der Waals surface area contributed by atoms with Crippen molar-refractivity contribution >= 4 is 5.71 Å². The van der Waals surface area contributed by atoms with Crippen molar-refractivity contribution in [1.82, 2.24) is 0 Å². The predicted molar refractivity (Wildman–Crippen MR) is 46.3 cm³/mol. The number of fused-ring (bicyclic) bond motifs is 4. The number of ether oxygens (including phenoxy) is 1. The average Bonchev–Trinajstić information content (AvgIpc) is 2.49. The maximum absolute atomic E-state index is 5.57. The van der Waals surface area contributed by atoms with Crippen LogP contribution in [0.15, 0.2) is 41.2 Å². The Labute approximate surface area is 70.2 Å². The zero-order valence-corrected chi connectivity index (χ0v) is 6.45. The largest absolute Gasteiger partial charge is 0.459 e. The van der Waals surface area contributed by atoms with Gasteiger partial charge < -0.3 is 4.74 Å². The molecule has 2 heterocycles. The Morgan fingerprint density at radius 3 is 3.17 bits per heavy atom. The van der Waals surface area contributed by atoms with Gasteiger partial charge in [0.2, 0.25) is 0 Å². The molecule has 2 nitrogen and oxygen atoms in total. The highest BCUT2D eigenvalue weighted by molar-refractivity contribution is 6.06. The molecule has 0 unspecified atom stereocenters. The molecule has 0 atom stereocenters. The molecule has 12 heavy (non-hydrogen) atoms. The fraction of sp³-hybridized carbons (Fsp3) is 0.100. The summed E-state index contributed by atoms with van der Waals surface area (Å²) in [4.78, 5) is 4.27. The van der Waals surface area contributed by atoms with Crippen LogP contribution in [0, 0.1) is 0 Å². The van der Waals surface area contributed by atoms with E-state index in [1.165, 1.54) is 0 Å². The van der Waals surface area contributed by atoms with E-state index in [4.69, 9.17) is 4.74 Å². The monoisotopic (exact) mass is 157 g/mol. The highest BCUT2D eigenvalue weighted by Gasteiger charge is 2.22. The normalized spacial score (nSPS) is 17.7. The number of nitrogens with zero attached hydrogens (tertiary/aromatic N) is 1. The first-order chi connectivity index (χ1) is 5.93. The predicted octanol–water partition coefficient (Wildman–Crippen LogP) is 2.11. The molecule has 0 radical (unpaired) electrons. The first kappa shape index (κ1) is 6.00. The van der Waals surface area contributed by atoms with Gasteiger partial charge >= 0.3 is 0 Å². The molecule has 0 saturated heterocycles. The van der Waals surface area contributed by atoms with Crippen LogP contribution in [0.1, 0.15) is 12.0 Å². The lowest BCUT2D eigenvalue weighted by Crippen LogP contribution is -2.10. The SMILES string of the molecule is C1=C2CC(=N1)c1ccccc1O2. The Kier molecular flexibility index (Phi) is 0.987. The molecular weight excluding hydrogens is 150 g/mol. The standard InChI is InChI=1S/C10H7NO/c1-2-4-10-8(3-1)9-5-7(12-10)6-11-9/h1-4,6H,5H2. The van der Waals surface area contributed by atoms with Crippen molar-refractivity contribution in [2.24, 2.45) is 4.99 Å². The minimum absolute atomic E-state index is 0.858. The number of allylic oxidation sites excluding steroid dienone is 1. The van der Waals surface area contributed by atoms with Gasteiger partial charge in [0.05, 0.1) is 18.3 Å². The van der Waals surface area contributed by atoms with Crippen molar-refractivity contribution in [3.63, 3.8) is 0 Å². The minimum Gasteiger partial charge on any atom is -0.459 e. The second-order valence-electron chi connectivity index (χ2n) is 2.95. The van der Waals surface area contributed by atoms with Gasteiger partial charge in [-0.2, -0.15) is 0 Å². The molecule has 0 amide bonds. The van der Waals surface area contributed by atoms with Crippen LogP contribution in [0.25, 0.3) is 0 Å². The lowest BCUT2D eigenvalue weighted by Gasteiger charge is -2.15. The van der Waals surface area contributed by atoms with Gasteiger partial charge in [0.25, 0.3) is 0 Å². The van der Waals surface area contributed by atoms with E-state index in [2.05, 4.69) is 4.99 Å². The fourth-order valence-corrected chi connectivity index (χ4v) is 1.57. The molecule has 3 rings (SSSR count). The number of aliphatic imine (C=N–C) groups is 1. The highest BCUT2D eigenvalue weighted by atomic mass is 16.5. The van der Waals surface area contributed by atoms with Crippen molar-refractivity contribution < 1.29 is 4.74 Å². The molecule has 0 fully saturated rings. The van der Waals surface area contributed by atoms with Gasteiger partial charge in [-0.25, -0.2) is 0 Å². The molecule has 0 N–H and O–H groups in total. The van der Waals surface area contributed by atoms with Crippen LogP contribution < -0.4 is 4.74 Å². The lowest BCUT2D eigenvalue weighted by molar-refractivity contribution is 0.413. The smallest absolute Gasteiger partial charge is 0.136 e. The molecule has 0 aliphatic carbocycles. The van der Waals surface area contributed by atoms with Crippen LogP contribution in [0.3, 0.4) is 0 Å². The van der Waals surface area contributed by atoms with Crippen molar-refractivity contribution in [2.45, 2.75) is 6.42 Å². The zero-order valence-electron chi connectivity index (χ0n) is 6.45. The maximum Gasteiger partial charge on any atom is 0.136 e. The molecule has 0 aromatic heterocycles. The van der Waals surface area contributed by atoms with Crippen molar-refractivity contribution in [2.75, 3.05) is 0 Å². The Bertz CT molecular complexity index is 404. The summed E-state index contributed by atoms with van der Waals surface area (Å²) in [6, 6.07) is 8.01. The van der Waals surface area contributed by atoms with E-state index in [1.807, 2.05) is 24.3 Å². The summed E-state index contributed by atoms with van der Waals surface area (Å²) in [5.41, 5.74) is 2.27. The van der Waals surface area contributed by atoms with Crippen LogP contribution in [0.5, 0.6) is 5.75 Å². The summed E-state index contributed by atoms with van der Waals surface area (Å²) >= 11 is 0. The van der Waals surface area contributed by atoms with Crippen LogP contribution in [0.2, 0.25) is 0 Å². The van der Waals surface area contributed by atoms with Gasteiger partial charge in [0.15, 0.2) is 0 Å². The summed E-state index contributed by atoms with van der Waals surface area (Å²) in [5, 5.41) is 0. The van der Waals surface area contributed by atoms with E-state index in [9.17, 15) is 0 Å². The van der Waals surface area contributed by atoms with E-state index in [0.717, 1.165) is 29.2 Å². The number of para-hydroxylation sites is 1. The van der Waals surface area contributed by atoms with E-state index in [1.54, 1.807) is 6.20 Å². The molecule has 58 valence electrons. The molecule has 1 aromatic rings. The summed E-state index contributed by atoms with van der Waals surface area (Å²) in [6.45, 7) is 0. The van der Waals surface area contributed by atoms with Crippen LogP contribution in [0.4, 0.5) is 0 Å². The van der Waals surface area contributed by atoms with E-state index < -0.39 is 0 Å². The molecule has 2 bridgehead atoms. The van der Waals surface area contributed by atoms with Crippen molar-refractivity contribution in [3.8, 4) is 5.75 Å². The topological polar surface area (TPSA) is 21.6 Å². The zero-order chi connectivity index (χ0) is 7.97. The van der Waals surface area contributed by atoms with Gasteiger partial charge in [0, 0.05) is 5.56 Å². The Morgan fingerprint density at radius 2 is 2.17 bits per heavy atom. The van der Waals surface area contributed by atoms with Crippen LogP contribution >= 0.6 is 0 Å². The van der Waals surface area contributed by atoms with E-state index in [0.29, 0.717) is 0 Å². The Hall–Kier alpha value is -1.57. The fourth-order valence-electron chi connectivity index (χ4n) is 1.57. The molecule has 2 aliphatic rings. The molecule has 0 spiro atoms. The van der Waals surface area contributed by atoms with Gasteiger partial charge in [-0.1, -0.05) is 12.1 Å². The molecule has 2 heteroatoms. The van der Waals surface area contributed by atoms with Crippen molar-refractivity contribution in [3.05, 3.63) is 41.8 Å². The van der Waals surface area contributed by atoms with E-state index >= 15 is 0 Å². The first-order valence-corrected chi connectivity index (χ1v) is 3.96. The summed E-state index contributed by atoms with van der Waals surface area (Å²) in [6.07, 6.45) is 2.66. The summed E-state index contributed by atoms with van der Waals surface area (Å²) in [7, 11) is 0. The van der Waals surface area contributed by atoms with Crippen molar-refractivity contribution in [1.29, 1.82) is 0 Å². The highest BCUT2D eigenvalue weighted by Crippen LogP contribution is 2.32. The number of hydrogen-bond donors (Lipinski definition) is 0. The number of rotatable bonds is 0. The lowest BCUT2D eigenvalue weighted by atomic mass is 10.0. The number of benzene rings is 1. The van der Waals surface area contributed by atoms with Gasteiger partial charge in [-0.3, -0.25) is 4.99 Å². The summed E-state index contributed by atoms with van der Waals surface area (Å²) < 4.78 is 5.57. The van der Waals surface area contributed by atoms with E-state index in [-0.39, 0.29) is 0 Å². The minimum atomic E-state index is 0.858. The second kappa shape index (κ2) is 1.97. The van der Waals surface area contributed by atoms with Crippen LogP contribution in [-0.2, 0) is 0 Å². The second-order valence-corrected chi connectivity index (χ2v) is 2.95. The molecular formula is C10H7NO. The maximum atomic E-state index is 5.57. The van der Waals surface area contributed by atoms with Gasteiger partial charge in [-0.05, 0) is 12.1 Å². The average molecular weight is 157 g/mol. The van der Waals surface area contributed by atoms with Crippen LogP contribution in [-0.4, -0.2) is 5.71 Å². The molecule has 0 saturated carbocycles. The molecule has 1 aromatic carbocycles. The third-order valence-electron chi connectivity index (χ3n) is 2.15. The number of hydrogen-bond acceptors (Lipinski definition) is 2. The van der Waals surface area contributed by atoms with Gasteiger partial charge in [0.1, 0.15) is 11.5 Å².